The molecule has 8 aliphatic carbocycles. The number of aryl methyl sites for hydroxylation is 6. The van der Waals surface area contributed by atoms with Gasteiger partial charge in [0.1, 0.15) is 28.8 Å². The van der Waals surface area contributed by atoms with E-state index in [1.165, 1.54) is 257 Å². The van der Waals surface area contributed by atoms with Gasteiger partial charge in [0.2, 0.25) is 23.6 Å². The standard InChI is InChI=1S/C28H41F2N3O.2C27H41N3O.C26H38FN3O/c1-4-20-11-13-21(14-12-20)27-31-24-19-22(28(3,29)30)15-16-25(24)33(27)18-17-26(34)32(5-2)23-9-7-6-8-10-23;2*1-4-21-12-14-22(15-13-21)27-28-24-16-11-20(3)19-25(24)30(27)18-17-26(31)29(5-2)23-9-7-6-8-10-23;1-3-19-13-15-20(16-14-19)26-28-25-22(27)11-8-12-23(25)30(26)18-17-24(31)29(4-2)21-9-6-5-7-10-21/h15-16,19-21,23H,4-14,17-18H2,1-3H3;2*11,16,19,21-23H,4-10,12-15,17-18H2,1-3H3;8,11-12,19-21H,3-7,9-10,13-18H2,1-2H3. The highest BCUT2D eigenvalue weighted by Gasteiger charge is 2.36. The van der Waals surface area contributed by atoms with Crippen LogP contribution in [0.1, 0.15) is 408 Å². The predicted octanol–water partition coefficient (Wildman–Crippen LogP) is 27.0. The Morgan fingerprint density at radius 1 is 0.339 bits per heavy atom. The average Bonchev–Trinajstić information content (AvgIpc) is 1.64. The van der Waals surface area contributed by atoms with E-state index in [9.17, 15) is 32.3 Å². The number of para-hydroxylation sites is 1. The number of aromatic nitrogens is 8. The first-order valence-electron chi connectivity index (χ1n) is 51.8. The number of carbonyl (C=O) groups excluding carboxylic acids is 4. The normalized spacial score (nSPS) is 22.6. The highest BCUT2D eigenvalue weighted by molar-refractivity contribution is 5.83. The second kappa shape index (κ2) is 47.0. The van der Waals surface area contributed by atoms with Crippen molar-refractivity contribution in [3.63, 3.8) is 0 Å². The number of hydrogen-bond donors (Lipinski definition) is 0. The van der Waals surface area contributed by atoms with Crippen molar-refractivity contribution in [1.82, 2.24) is 57.8 Å². The molecule has 8 saturated carbocycles. The molecule has 4 aromatic heterocycles. The van der Waals surface area contributed by atoms with Gasteiger partial charge in [-0.2, -0.15) is 0 Å². The Morgan fingerprint density at radius 2 is 0.630 bits per heavy atom. The van der Waals surface area contributed by atoms with Gasteiger partial charge in [0.05, 0.1) is 38.6 Å². The molecule has 0 spiro atoms. The molecule has 0 saturated heterocycles. The Balaban J connectivity index is 0.000000145. The van der Waals surface area contributed by atoms with Gasteiger partial charge in [-0.1, -0.05) is 155 Å². The average molecular weight is 1750 g/mol. The van der Waals surface area contributed by atoms with Crippen LogP contribution >= 0.6 is 0 Å². The molecule has 0 N–H and O–H groups in total. The van der Waals surface area contributed by atoms with Gasteiger partial charge in [0, 0.05) is 138 Å². The molecule has 4 heterocycles. The van der Waals surface area contributed by atoms with Crippen molar-refractivity contribution in [2.45, 2.75) is 439 Å². The van der Waals surface area contributed by atoms with E-state index in [1.54, 1.807) is 12.1 Å². The number of hydrogen-bond acceptors (Lipinski definition) is 8. The summed E-state index contributed by atoms with van der Waals surface area (Å²) in [5, 5.41) is 0. The van der Waals surface area contributed by atoms with Crippen molar-refractivity contribution in [3.8, 4) is 0 Å². The molecule has 16 nitrogen and oxygen atoms in total. The van der Waals surface area contributed by atoms with Crippen molar-refractivity contribution >= 4 is 67.8 Å². The summed E-state index contributed by atoms with van der Waals surface area (Å²) in [5.74, 6) is 7.45. The van der Waals surface area contributed by atoms with Crippen molar-refractivity contribution in [2.75, 3.05) is 26.2 Å². The molecule has 127 heavy (non-hydrogen) atoms. The van der Waals surface area contributed by atoms with Crippen LogP contribution < -0.4 is 0 Å². The first-order valence-corrected chi connectivity index (χ1v) is 51.8. The number of nitrogens with zero attached hydrogens (tertiary/aromatic N) is 12. The Bertz CT molecular complexity index is 4580. The molecule has 0 bridgehead atoms. The quantitative estimate of drug-likeness (QED) is 0.0449. The summed E-state index contributed by atoms with van der Waals surface area (Å²) >= 11 is 0. The van der Waals surface area contributed by atoms with Gasteiger partial charge >= 0.3 is 0 Å². The van der Waals surface area contributed by atoms with Crippen molar-refractivity contribution < 1.29 is 32.3 Å². The molecular weight excluding hydrogens is 1590 g/mol. The van der Waals surface area contributed by atoms with Crippen LogP contribution in [0, 0.1) is 43.3 Å². The summed E-state index contributed by atoms with van der Waals surface area (Å²) in [6, 6.07) is 24.8. The van der Waals surface area contributed by atoms with Crippen LogP contribution in [-0.2, 0) is 51.3 Å². The maximum atomic E-state index is 14.5. The number of amides is 4. The van der Waals surface area contributed by atoms with E-state index in [2.05, 4.69) is 144 Å². The van der Waals surface area contributed by atoms with Crippen LogP contribution in [0.15, 0.2) is 72.8 Å². The molecule has 0 aliphatic heterocycles. The minimum atomic E-state index is -2.89. The van der Waals surface area contributed by atoms with E-state index in [1.807, 2.05) is 6.07 Å². The smallest absolute Gasteiger partial charge is 0.270 e. The first kappa shape index (κ1) is 97.0. The van der Waals surface area contributed by atoms with Gasteiger partial charge in [0.15, 0.2) is 5.82 Å². The fraction of sp³-hybridized carbons (Fsp3) is 0.704. The maximum absolute atomic E-state index is 14.5. The second-order valence-corrected chi connectivity index (χ2v) is 40.1. The van der Waals surface area contributed by atoms with E-state index >= 15 is 0 Å². The molecule has 8 aromatic rings. The molecule has 4 amide bonds. The van der Waals surface area contributed by atoms with Crippen LogP contribution in [0.25, 0.3) is 44.1 Å². The molecule has 0 unspecified atom stereocenters. The largest absolute Gasteiger partial charge is 0.340 e. The Labute approximate surface area is 760 Å². The van der Waals surface area contributed by atoms with Crippen molar-refractivity contribution in [1.29, 1.82) is 0 Å². The van der Waals surface area contributed by atoms with Crippen LogP contribution in [0.3, 0.4) is 0 Å². The zero-order valence-electron chi connectivity index (χ0n) is 80.3. The van der Waals surface area contributed by atoms with Crippen molar-refractivity contribution in [2.24, 2.45) is 23.7 Å². The lowest BCUT2D eigenvalue weighted by atomic mass is 9.80. The Hall–Kier alpha value is -7.57. The van der Waals surface area contributed by atoms with E-state index in [4.69, 9.17) is 19.9 Å². The molecule has 8 fully saturated rings. The van der Waals surface area contributed by atoms with Gasteiger partial charge in [-0.3, -0.25) is 19.2 Å². The molecule has 0 radical (unpaired) electrons. The summed E-state index contributed by atoms with van der Waals surface area (Å²) in [6.07, 6.45) is 50.8. The second-order valence-electron chi connectivity index (χ2n) is 40.1. The van der Waals surface area contributed by atoms with E-state index < -0.39 is 5.92 Å². The predicted molar refractivity (Wildman–Crippen MR) is 513 cm³/mol. The Kier molecular flexibility index (Phi) is 35.9. The van der Waals surface area contributed by atoms with E-state index in [0.717, 1.165) is 155 Å². The third kappa shape index (κ3) is 24.6. The van der Waals surface area contributed by atoms with Gasteiger partial charge < -0.3 is 37.9 Å². The van der Waals surface area contributed by atoms with Crippen LogP contribution in [0.4, 0.5) is 13.2 Å². The molecule has 19 heteroatoms. The molecule has 4 aromatic carbocycles. The zero-order valence-corrected chi connectivity index (χ0v) is 80.3. The SMILES string of the molecule is CCC1CCC(c2nc3c(F)cccc3n2CCC(=O)N(CC)C2CCCCC2)CC1.CCC1CCC(c2nc3cc(C(C)(F)F)ccc3n2CCC(=O)N(CC)C2CCCCC2)CC1.CCC1CCC(c2nc3ccc(C)cc3n2CCC(=O)N(CC)C2CCCCC2)CC1.CCC1CCC(c2nc3ccc(C)cc3n2CCC(=O)N(CC)C2CCCCC2)CC1. The lowest BCUT2D eigenvalue weighted by molar-refractivity contribution is -0.135. The maximum Gasteiger partial charge on any atom is 0.270 e. The summed E-state index contributed by atoms with van der Waals surface area (Å²) < 4.78 is 51.6. The van der Waals surface area contributed by atoms with Crippen LogP contribution in [0.2, 0.25) is 0 Å². The van der Waals surface area contributed by atoms with Gasteiger partial charge in [0.25, 0.3) is 5.92 Å². The molecule has 16 rings (SSSR count). The topological polar surface area (TPSA) is 153 Å². The first-order chi connectivity index (χ1) is 61.6. The van der Waals surface area contributed by atoms with Crippen LogP contribution in [-0.4, -0.2) is 132 Å². The molecular formula is C108H161F3N12O4. The van der Waals surface area contributed by atoms with Crippen molar-refractivity contribution in [3.05, 3.63) is 119 Å². The summed E-state index contributed by atoms with van der Waals surface area (Å²) in [5.41, 5.74) is 9.91. The molecule has 0 atom stereocenters. The number of benzene rings is 4. The third-order valence-corrected chi connectivity index (χ3v) is 32.0. The monoisotopic (exact) mass is 1750 g/mol. The Morgan fingerprint density at radius 3 is 0.929 bits per heavy atom. The lowest BCUT2D eigenvalue weighted by Gasteiger charge is -2.34. The summed E-state index contributed by atoms with van der Waals surface area (Å²) in [7, 11) is 0. The van der Waals surface area contributed by atoms with Gasteiger partial charge in [-0.05, 0) is 279 Å². The minimum absolute atomic E-state index is 0.00331. The highest BCUT2D eigenvalue weighted by atomic mass is 19.3. The fourth-order valence-corrected chi connectivity index (χ4v) is 24.1. The summed E-state index contributed by atoms with van der Waals surface area (Å²) in [4.78, 5) is 81.2. The van der Waals surface area contributed by atoms with E-state index in [-0.39, 0.29) is 23.2 Å². The third-order valence-electron chi connectivity index (χ3n) is 32.0. The lowest BCUT2D eigenvalue weighted by Crippen LogP contribution is -2.41. The minimum Gasteiger partial charge on any atom is -0.340 e. The van der Waals surface area contributed by atoms with E-state index in [0.29, 0.717) is 109 Å². The highest BCUT2D eigenvalue weighted by Crippen LogP contribution is 2.44. The number of alkyl halides is 2. The van der Waals surface area contributed by atoms with Crippen LogP contribution in [0.5, 0.6) is 0 Å². The number of imidazole rings is 4. The fourth-order valence-electron chi connectivity index (χ4n) is 24.1. The molecule has 8 aliphatic rings. The zero-order chi connectivity index (χ0) is 89.7. The number of carbonyl (C=O) groups is 4. The number of fused-ring (bicyclic) bond motifs is 4. The number of halogens is 3. The van der Waals surface area contributed by atoms with Gasteiger partial charge in [-0.15, -0.1) is 0 Å². The summed E-state index contributed by atoms with van der Waals surface area (Å²) in [6.45, 7) is 28.7. The van der Waals surface area contributed by atoms with Gasteiger partial charge in [-0.25, -0.2) is 33.1 Å². The number of rotatable bonds is 29. The molecule has 698 valence electrons.